The molecule has 858 valence electrons. The van der Waals surface area contributed by atoms with Crippen molar-refractivity contribution in [2.75, 3.05) is 79.3 Å². The molecule has 14 aliphatic rings. The normalized spacial score (nSPS) is 26.8. The second kappa shape index (κ2) is 95.9. The molecule has 24 atom stereocenters. The number of esters is 6. The van der Waals surface area contributed by atoms with E-state index in [1.807, 2.05) is 0 Å². The Balaban J connectivity index is -0.000000147. The van der Waals surface area contributed by atoms with Crippen LogP contribution in [-0.2, 0) is 119 Å². The largest absolute Gasteiger partial charge is 0.466 e. The molecule has 0 amide bonds. The first kappa shape index (κ1) is 162. The van der Waals surface area contributed by atoms with E-state index in [0.717, 1.165) is 140 Å². The topological polar surface area (TPSA) is 469 Å². The van der Waals surface area contributed by atoms with Crippen LogP contribution in [0.5, 0.6) is 0 Å². The van der Waals surface area contributed by atoms with E-state index in [0.29, 0.717) is 303 Å². The smallest absolute Gasteiger partial charge is 0.310 e. The third-order valence-corrected chi connectivity index (χ3v) is 26.1. The predicted octanol–water partition coefficient (Wildman–Crippen LogP) is 21.3. The first-order valence-electron chi connectivity index (χ1n) is 47.8. The van der Waals surface area contributed by atoms with Crippen LogP contribution in [0.25, 0.3) is 0 Å². The number of rotatable bonds is 51. The number of carbonyl (C=O) groups excluding carboxylic acids is 12. The van der Waals surface area contributed by atoms with Gasteiger partial charge in [-0.3, -0.25) is 28.8 Å². The number of epoxide rings is 7. The van der Waals surface area contributed by atoms with Crippen LogP contribution in [0.3, 0.4) is 0 Å². The van der Waals surface area contributed by atoms with Crippen molar-refractivity contribution in [2.45, 2.75) is 514 Å². The Morgan fingerprint density at radius 3 is 0.559 bits per heavy atom. The average Bonchev–Trinajstić information content (AvgIpc) is 1.62. The van der Waals surface area contributed by atoms with Crippen molar-refractivity contribution in [3.05, 3.63) is 0 Å². The Morgan fingerprint density at radius 1 is 0.217 bits per heavy atom. The highest BCUT2D eigenvalue weighted by Gasteiger charge is 2.54. The molecule has 31 nitrogen and oxygen atoms in total. The van der Waals surface area contributed by atoms with E-state index in [-0.39, 0.29) is 184 Å². The van der Waals surface area contributed by atoms with Crippen LogP contribution in [-0.4, -0.2) is 269 Å². The van der Waals surface area contributed by atoms with Crippen LogP contribution in [0.1, 0.15) is 429 Å². The molecule has 7 saturated heterocycles. The van der Waals surface area contributed by atoms with Gasteiger partial charge in [-0.15, -0.1) is 0 Å². The van der Waals surface area contributed by atoms with Gasteiger partial charge in [0.25, 0.3) is 0 Å². The molecule has 7 heterocycles. The zero-order chi connectivity index (χ0) is 89.8. The number of ether oxygens (including phenoxy) is 13. The molecule has 0 bridgehead atoms. The molecular formula is C112H224O31. The zero-order valence-corrected chi connectivity index (χ0v) is 74.2. The van der Waals surface area contributed by atoms with Gasteiger partial charge in [0.1, 0.15) is 37.7 Å². The highest BCUT2D eigenvalue weighted by atomic mass is 16.6. The van der Waals surface area contributed by atoms with E-state index in [2.05, 4.69) is 0 Å². The minimum absolute atomic E-state index is 0. The lowest BCUT2D eigenvalue weighted by Gasteiger charge is -2.26. The average molecular weight is 2070 g/mol. The van der Waals surface area contributed by atoms with Gasteiger partial charge >= 0.3 is 35.8 Å². The molecule has 0 radical (unpaired) electrons. The molecule has 7 saturated carbocycles. The van der Waals surface area contributed by atoms with E-state index in [1.165, 1.54) is 38.5 Å². The molecule has 6 N–H and O–H groups in total. The summed E-state index contributed by atoms with van der Waals surface area (Å²) in [5.74, 6) is -4.43. The summed E-state index contributed by atoms with van der Waals surface area (Å²) in [7, 11) is 0. The summed E-state index contributed by atoms with van der Waals surface area (Å²) >= 11 is 0. The van der Waals surface area contributed by atoms with Gasteiger partial charge in [0.15, 0.2) is 0 Å². The fourth-order valence-electron chi connectivity index (χ4n) is 17.6. The number of unbranched alkanes of at least 4 members (excludes halogenated alkanes) is 18. The number of hydrogen-bond donors (Lipinski definition) is 6. The summed E-state index contributed by atoms with van der Waals surface area (Å²) < 4.78 is 69.3. The predicted molar refractivity (Wildman–Crippen MR) is 574 cm³/mol. The molecule has 31 heteroatoms. The van der Waals surface area contributed by atoms with Gasteiger partial charge in [0.2, 0.25) is 0 Å². The Morgan fingerprint density at radius 2 is 0.385 bits per heavy atom. The SMILES string of the molecule is C.C.C.C.C.C.C.C.C.C.C.C.C.C.C.C.C.C.O=CCCCCCOC(=O)C1CC2OC2CC1C(=O)OCCCCCC=O.O=CCCCCCOC(=O)CC(C(=O)OCCCCCC=O)C(CC(=O)OCCCCCC=O)C(=O)OCCCCCC=O.OCC1CCC2OC2C1.OCC1CCC2OC2C1.OCC1CCC2OC2C1.OCC1CCC2OC2C1.OCC1CCC2OC2C1.OCC1CCC2OC2C1. The molecule has 0 aromatic rings. The van der Waals surface area contributed by atoms with Crippen LogP contribution in [0.2, 0.25) is 0 Å². The summed E-state index contributed by atoms with van der Waals surface area (Å²) in [5, 5.41) is 52.6. The Labute approximate surface area is 871 Å². The third-order valence-electron chi connectivity index (χ3n) is 26.1. The maximum absolute atomic E-state index is 13.2. The van der Waals surface area contributed by atoms with Crippen molar-refractivity contribution in [1.82, 2.24) is 0 Å². The first-order valence-corrected chi connectivity index (χ1v) is 47.8. The van der Waals surface area contributed by atoms with Gasteiger partial charge < -0.3 is 121 Å². The maximum Gasteiger partial charge on any atom is 0.310 e. The molecule has 143 heavy (non-hydrogen) atoms. The standard InChI is InChI=1S/C32H50O12.C20H30O7.6C7H12O2.18CH4/c33-17-9-1-5-13-21-41-29(37)25-27(31(39)43-23-15-7-3-11-19-35)28(32(40)44-24-16-8-4-12-20-36)26-30(38)42-22-14-6-2-10-18-34;21-9-5-1-3-7-11-25-19(23)15-13-17-18(27-17)14-16(15)20(24)26-12-8-4-2-6-10-22;6*8-4-5-1-2-6-7(3-5)9-6;;;;;;;;;;;;;;;;;;/h17-20,27-28H,1-16,21-26H2;9-10,15-18H,1-8,11-14H2;6*5-8H,1-4H2;18*1H4. The quantitative estimate of drug-likeness (QED) is 0.0108. The number of aliphatic hydroxyl groups excluding tert-OH is 6. The second-order valence-electron chi connectivity index (χ2n) is 36.2. The lowest BCUT2D eigenvalue weighted by Crippen LogP contribution is -2.37. The molecule has 0 aromatic heterocycles. The summed E-state index contributed by atoms with van der Waals surface area (Å²) in [6.07, 6.45) is 46.9. The van der Waals surface area contributed by atoms with E-state index in [1.54, 1.807) is 0 Å². The lowest BCUT2D eigenvalue weighted by molar-refractivity contribution is -0.167. The lowest BCUT2D eigenvalue weighted by atomic mass is 9.79. The van der Waals surface area contributed by atoms with Gasteiger partial charge in [-0.25, -0.2) is 0 Å². The molecule has 24 unspecified atom stereocenters. The minimum Gasteiger partial charge on any atom is -0.466 e. The van der Waals surface area contributed by atoms with Crippen molar-refractivity contribution >= 4 is 73.5 Å². The van der Waals surface area contributed by atoms with Crippen LogP contribution in [0, 0.1) is 59.2 Å². The maximum atomic E-state index is 13.2. The van der Waals surface area contributed by atoms with Crippen molar-refractivity contribution < 1.29 is 150 Å². The van der Waals surface area contributed by atoms with Crippen molar-refractivity contribution in [2.24, 2.45) is 59.2 Å². The highest BCUT2D eigenvalue weighted by molar-refractivity contribution is 5.88. The van der Waals surface area contributed by atoms with E-state index in [4.69, 9.17) is 92.2 Å². The van der Waals surface area contributed by atoms with Crippen molar-refractivity contribution in [3.8, 4) is 0 Å². The van der Waals surface area contributed by atoms with Crippen LogP contribution in [0.4, 0.5) is 0 Å². The van der Waals surface area contributed by atoms with Gasteiger partial charge in [-0.1, -0.05) is 134 Å². The fraction of sp³-hybridized carbons (Fsp3) is 0.893. The van der Waals surface area contributed by atoms with E-state index < -0.39 is 60.4 Å². The number of hydrogen-bond acceptors (Lipinski definition) is 31. The molecule has 7 aliphatic carbocycles. The number of aldehydes is 6. The molecule has 14 rings (SSSR count). The number of aliphatic hydroxyl groups is 6. The third kappa shape index (κ3) is 67.9. The molecule has 7 aliphatic heterocycles. The zero-order valence-electron chi connectivity index (χ0n) is 74.2. The summed E-state index contributed by atoms with van der Waals surface area (Å²) in [6, 6.07) is 0. The van der Waals surface area contributed by atoms with Crippen LogP contribution >= 0.6 is 0 Å². The Kier molecular flexibility index (Phi) is 109. The molecular weight excluding hydrogens is 1840 g/mol. The Bertz CT molecular complexity index is 2750. The first-order chi connectivity index (χ1) is 61.0. The van der Waals surface area contributed by atoms with Crippen molar-refractivity contribution in [3.63, 3.8) is 0 Å². The van der Waals surface area contributed by atoms with Crippen molar-refractivity contribution in [1.29, 1.82) is 0 Å². The number of fused-ring (bicyclic) bond motifs is 7. The van der Waals surface area contributed by atoms with Crippen LogP contribution in [0.15, 0.2) is 0 Å². The van der Waals surface area contributed by atoms with Gasteiger partial charge in [-0.2, -0.15) is 0 Å². The monoisotopic (exact) mass is 2070 g/mol. The summed E-state index contributed by atoms with van der Waals surface area (Å²) in [4.78, 5) is 139. The summed E-state index contributed by atoms with van der Waals surface area (Å²) in [5.41, 5.74) is 0. The molecule has 0 aromatic carbocycles. The van der Waals surface area contributed by atoms with Gasteiger partial charge in [-0.05, 0) is 279 Å². The minimum atomic E-state index is -1.37. The summed E-state index contributed by atoms with van der Waals surface area (Å²) in [6.45, 7) is 2.88. The highest BCUT2D eigenvalue weighted by Crippen LogP contribution is 2.46. The second-order valence-corrected chi connectivity index (χ2v) is 36.2. The molecule has 0 spiro atoms. The van der Waals surface area contributed by atoms with E-state index >= 15 is 0 Å². The fourth-order valence-corrected chi connectivity index (χ4v) is 17.6. The van der Waals surface area contributed by atoms with E-state index in [9.17, 15) is 57.5 Å². The van der Waals surface area contributed by atoms with Crippen LogP contribution < -0.4 is 0 Å². The Hall–Kier alpha value is -5.68. The van der Waals surface area contributed by atoms with Gasteiger partial charge in [0.05, 0.1) is 162 Å². The van der Waals surface area contributed by atoms with Gasteiger partial charge in [0, 0.05) is 78.2 Å². The molecule has 14 fully saturated rings. The number of carbonyl (C=O) groups is 12.